The summed E-state index contributed by atoms with van der Waals surface area (Å²) in [6.07, 6.45) is 1.14. The fourth-order valence-corrected chi connectivity index (χ4v) is 1.19. The van der Waals surface area contributed by atoms with Gasteiger partial charge in [0.25, 0.3) is 0 Å². The molecule has 0 aromatic heterocycles. The Morgan fingerprint density at radius 1 is 1.46 bits per heavy atom. The second-order valence-electron chi connectivity index (χ2n) is 2.78. The van der Waals surface area contributed by atoms with E-state index in [4.69, 9.17) is 10.5 Å². The molecule has 0 aliphatic heterocycles. The van der Waals surface area contributed by atoms with Crippen LogP contribution >= 0.6 is 0 Å². The summed E-state index contributed by atoms with van der Waals surface area (Å²) in [5.41, 5.74) is 5.95. The Bertz CT molecular complexity index is 297. The molecule has 1 aromatic carbocycles. The van der Waals surface area contributed by atoms with Crippen molar-refractivity contribution in [3.05, 3.63) is 29.8 Å². The minimum atomic E-state index is -0.761. The Morgan fingerprint density at radius 2 is 2.15 bits per heavy atom. The van der Waals surface area contributed by atoms with Crippen molar-refractivity contribution in [2.24, 2.45) is 5.73 Å². The number of para-hydroxylation sites is 1. The smallest absolute Gasteiger partial charge is 0.409 e. The van der Waals surface area contributed by atoms with Crippen LogP contribution in [0.3, 0.4) is 0 Å². The van der Waals surface area contributed by atoms with Gasteiger partial charge in [0.05, 0.1) is 0 Å². The van der Waals surface area contributed by atoms with E-state index in [-0.39, 0.29) is 0 Å². The van der Waals surface area contributed by atoms with E-state index in [9.17, 15) is 4.79 Å². The van der Waals surface area contributed by atoms with Gasteiger partial charge in [-0.15, -0.1) is 0 Å². The molecule has 0 fully saturated rings. The zero-order valence-electron chi connectivity index (χ0n) is 7.62. The van der Waals surface area contributed by atoms with Gasteiger partial charge < -0.3 is 10.5 Å². The molecule has 0 spiro atoms. The molecule has 70 valence electrons. The molecule has 3 heteroatoms. The third-order valence-electron chi connectivity index (χ3n) is 1.70. The second-order valence-corrected chi connectivity index (χ2v) is 2.78. The molecule has 0 unspecified atom stereocenters. The highest BCUT2D eigenvalue weighted by molar-refractivity contribution is 5.68. The summed E-state index contributed by atoms with van der Waals surface area (Å²) >= 11 is 0. The minimum absolute atomic E-state index is 0.567. The van der Waals surface area contributed by atoms with E-state index in [1.165, 1.54) is 0 Å². The van der Waals surface area contributed by atoms with Crippen LogP contribution in [0.1, 0.15) is 18.9 Å². The van der Waals surface area contributed by atoms with Crippen molar-refractivity contribution in [1.29, 1.82) is 0 Å². The number of carbonyl (C=O) groups excluding carboxylic acids is 1. The molecule has 1 aromatic rings. The summed E-state index contributed by atoms with van der Waals surface area (Å²) in [5.74, 6) is 0.567. The van der Waals surface area contributed by atoms with Gasteiger partial charge in [0.1, 0.15) is 5.75 Å². The van der Waals surface area contributed by atoms with Crippen molar-refractivity contribution in [3.63, 3.8) is 0 Å². The number of rotatable bonds is 3. The maximum absolute atomic E-state index is 10.5. The molecular formula is C10H13NO2. The van der Waals surface area contributed by atoms with Crippen LogP contribution in [0.5, 0.6) is 5.75 Å². The van der Waals surface area contributed by atoms with Crippen molar-refractivity contribution < 1.29 is 9.53 Å². The number of nitrogens with two attached hydrogens (primary N) is 1. The fraction of sp³-hybridized carbons (Fsp3) is 0.300. The van der Waals surface area contributed by atoms with E-state index in [0.717, 1.165) is 18.4 Å². The number of benzene rings is 1. The number of ether oxygens (including phenoxy) is 1. The molecule has 0 atom stereocenters. The summed E-state index contributed by atoms with van der Waals surface area (Å²) in [7, 11) is 0. The number of amides is 1. The van der Waals surface area contributed by atoms with Crippen LogP contribution in [0, 0.1) is 0 Å². The maximum Gasteiger partial charge on any atom is 0.409 e. The van der Waals surface area contributed by atoms with Crippen molar-refractivity contribution in [2.75, 3.05) is 0 Å². The number of carbonyl (C=O) groups is 1. The van der Waals surface area contributed by atoms with Crippen LogP contribution in [0.25, 0.3) is 0 Å². The van der Waals surface area contributed by atoms with E-state index in [0.29, 0.717) is 5.75 Å². The van der Waals surface area contributed by atoms with Gasteiger partial charge in [0.15, 0.2) is 0 Å². The predicted molar refractivity (Wildman–Crippen MR) is 50.6 cm³/mol. The lowest BCUT2D eigenvalue weighted by Gasteiger charge is -2.06. The van der Waals surface area contributed by atoms with E-state index < -0.39 is 6.09 Å². The van der Waals surface area contributed by atoms with E-state index >= 15 is 0 Å². The lowest BCUT2D eigenvalue weighted by atomic mass is 10.1. The molecule has 13 heavy (non-hydrogen) atoms. The Labute approximate surface area is 77.5 Å². The van der Waals surface area contributed by atoms with Crippen LogP contribution < -0.4 is 10.5 Å². The summed E-state index contributed by atoms with van der Waals surface area (Å²) in [4.78, 5) is 10.5. The van der Waals surface area contributed by atoms with Gasteiger partial charge in [-0.05, 0) is 18.1 Å². The zero-order chi connectivity index (χ0) is 9.68. The molecule has 0 saturated carbocycles. The predicted octanol–water partition coefficient (Wildman–Crippen LogP) is 2.10. The molecule has 0 bridgehead atoms. The van der Waals surface area contributed by atoms with Crippen LogP contribution in [-0.2, 0) is 6.42 Å². The summed E-state index contributed by atoms with van der Waals surface area (Å²) < 4.78 is 4.84. The number of primary amides is 1. The monoisotopic (exact) mass is 179 g/mol. The lowest BCUT2D eigenvalue weighted by molar-refractivity contribution is 0.210. The van der Waals surface area contributed by atoms with E-state index in [1.54, 1.807) is 6.07 Å². The molecule has 0 saturated heterocycles. The van der Waals surface area contributed by atoms with E-state index in [1.807, 2.05) is 18.2 Å². The lowest BCUT2D eigenvalue weighted by Crippen LogP contribution is -2.17. The van der Waals surface area contributed by atoms with Crippen molar-refractivity contribution in [1.82, 2.24) is 0 Å². The third-order valence-corrected chi connectivity index (χ3v) is 1.70. The van der Waals surface area contributed by atoms with Crippen molar-refractivity contribution in [2.45, 2.75) is 19.8 Å². The fourth-order valence-electron chi connectivity index (χ4n) is 1.19. The summed E-state index contributed by atoms with van der Waals surface area (Å²) in [5, 5.41) is 0. The Morgan fingerprint density at radius 3 is 2.77 bits per heavy atom. The number of hydrogen-bond donors (Lipinski definition) is 1. The van der Waals surface area contributed by atoms with Crippen LogP contribution in [0.2, 0.25) is 0 Å². The second kappa shape index (κ2) is 4.50. The van der Waals surface area contributed by atoms with Gasteiger partial charge >= 0.3 is 6.09 Å². The van der Waals surface area contributed by atoms with Crippen LogP contribution in [0.4, 0.5) is 4.79 Å². The molecule has 1 rings (SSSR count). The standard InChI is InChI=1S/C10H13NO2/c1-2-5-8-6-3-4-7-9(8)13-10(11)12/h3-4,6-7H,2,5H2,1H3,(H2,11,12). The molecule has 0 heterocycles. The molecule has 0 aliphatic carbocycles. The number of hydrogen-bond acceptors (Lipinski definition) is 2. The largest absolute Gasteiger partial charge is 0.410 e. The number of aryl methyl sites for hydroxylation is 1. The first kappa shape index (κ1) is 9.58. The van der Waals surface area contributed by atoms with Gasteiger partial charge in [0.2, 0.25) is 0 Å². The average Bonchev–Trinajstić information content (AvgIpc) is 2.08. The van der Waals surface area contributed by atoms with Crippen molar-refractivity contribution >= 4 is 6.09 Å². The van der Waals surface area contributed by atoms with Crippen LogP contribution in [-0.4, -0.2) is 6.09 Å². The highest BCUT2D eigenvalue weighted by Crippen LogP contribution is 2.19. The minimum Gasteiger partial charge on any atom is -0.410 e. The SMILES string of the molecule is CCCc1ccccc1OC(N)=O. The molecule has 0 aliphatic rings. The topological polar surface area (TPSA) is 52.3 Å². The first-order valence-corrected chi connectivity index (χ1v) is 4.29. The first-order valence-electron chi connectivity index (χ1n) is 4.29. The maximum atomic E-state index is 10.5. The van der Waals surface area contributed by atoms with Gasteiger partial charge in [0, 0.05) is 0 Å². The van der Waals surface area contributed by atoms with Crippen LogP contribution in [0.15, 0.2) is 24.3 Å². The molecule has 3 nitrogen and oxygen atoms in total. The van der Waals surface area contributed by atoms with Gasteiger partial charge in [-0.3, -0.25) is 0 Å². The van der Waals surface area contributed by atoms with Gasteiger partial charge in [-0.1, -0.05) is 31.5 Å². The molecule has 2 N–H and O–H groups in total. The van der Waals surface area contributed by atoms with Gasteiger partial charge in [-0.25, -0.2) is 4.79 Å². The molecule has 1 amide bonds. The van der Waals surface area contributed by atoms with E-state index in [2.05, 4.69) is 6.92 Å². The Balaban J connectivity index is 2.84. The highest BCUT2D eigenvalue weighted by atomic mass is 16.5. The molecule has 0 radical (unpaired) electrons. The summed E-state index contributed by atoms with van der Waals surface area (Å²) in [6.45, 7) is 2.07. The first-order chi connectivity index (χ1) is 6.24. The molecular weight excluding hydrogens is 166 g/mol. The summed E-state index contributed by atoms with van der Waals surface area (Å²) in [6, 6.07) is 7.41. The highest BCUT2D eigenvalue weighted by Gasteiger charge is 2.03. The Kier molecular flexibility index (Phi) is 3.31. The third kappa shape index (κ3) is 2.78. The quantitative estimate of drug-likeness (QED) is 0.772. The van der Waals surface area contributed by atoms with Crippen molar-refractivity contribution in [3.8, 4) is 5.75 Å². The average molecular weight is 179 g/mol. The van der Waals surface area contributed by atoms with Gasteiger partial charge in [-0.2, -0.15) is 0 Å². The Hall–Kier alpha value is -1.51. The zero-order valence-corrected chi connectivity index (χ0v) is 7.62. The normalized spacial score (nSPS) is 9.62.